The third kappa shape index (κ3) is 5.03. The lowest BCUT2D eigenvalue weighted by Gasteiger charge is -2.22. The molecular formula is C29H31N5O2S. The second-order valence-electron chi connectivity index (χ2n) is 10.3. The molecule has 2 heterocycles. The van der Waals surface area contributed by atoms with E-state index >= 15 is 0 Å². The first-order valence-electron chi connectivity index (χ1n) is 13.0. The van der Waals surface area contributed by atoms with Gasteiger partial charge in [-0.1, -0.05) is 48.0 Å². The lowest BCUT2D eigenvalue weighted by Crippen LogP contribution is -2.40. The molecule has 8 heteroatoms. The van der Waals surface area contributed by atoms with Crippen molar-refractivity contribution < 1.29 is 9.59 Å². The Balaban J connectivity index is 1.21. The standard InChI is InChI=1S/C29H31N5O2S/c1-18-6-5-7-21(16-18)26-25(31-28(37-26)20-12-13-20)29(36)34(17-19-10-11-19)15-14-30-27(35)24-22-8-3-4-9-23(22)33(2)32-24/h3-9,16,19-20H,10-15,17H2,1-2H3,(H,30,35). The molecule has 7 nitrogen and oxygen atoms in total. The number of carbonyl (C=O) groups is 2. The van der Waals surface area contributed by atoms with Crippen LogP contribution in [0.1, 0.15) is 63.1 Å². The number of rotatable bonds is 9. The Morgan fingerprint density at radius 2 is 1.89 bits per heavy atom. The summed E-state index contributed by atoms with van der Waals surface area (Å²) in [7, 11) is 1.84. The van der Waals surface area contributed by atoms with Crippen LogP contribution in [0.2, 0.25) is 0 Å². The van der Waals surface area contributed by atoms with Gasteiger partial charge in [0.2, 0.25) is 0 Å². The van der Waals surface area contributed by atoms with Gasteiger partial charge < -0.3 is 10.2 Å². The fraction of sp³-hybridized carbons (Fsp3) is 0.379. The Labute approximate surface area is 220 Å². The third-order valence-electron chi connectivity index (χ3n) is 7.16. The van der Waals surface area contributed by atoms with Crippen molar-refractivity contribution in [1.82, 2.24) is 25.0 Å². The lowest BCUT2D eigenvalue weighted by atomic mass is 10.1. The number of carbonyl (C=O) groups excluding carboxylic acids is 2. The zero-order valence-corrected chi connectivity index (χ0v) is 22.1. The lowest BCUT2D eigenvalue weighted by molar-refractivity contribution is 0.0736. The molecule has 2 aromatic heterocycles. The van der Waals surface area contributed by atoms with E-state index < -0.39 is 0 Å². The number of hydrogen-bond acceptors (Lipinski definition) is 5. The summed E-state index contributed by atoms with van der Waals surface area (Å²) in [5.74, 6) is 0.757. The molecule has 6 rings (SSSR count). The zero-order chi connectivity index (χ0) is 25.5. The molecule has 4 aromatic rings. The molecule has 0 aliphatic heterocycles. The Morgan fingerprint density at radius 1 is 1.08 bits per heavy atom. The summed E-state index contributed by atoms with van der Waals surface area (Å²) in [4.78, 5) is 34.6. The summed E-state index contributed by atoms with van der Waals surface area (Å²) < 4.78 is 1.72. The van der Waals surface area contributed by atoms with Gasteiger partial charge in [0, 0.05) is 38.0 Å². The fourth-order valence-electron chi connectivity index (χ4n) is 4.78. The normalized spacial score (nSPS) is 15.2. The highest BCUT2D eigenvalue weighted by molar-refractivity contribution is 7.15. The largest absolute Gasteiger partial charge is 0.349 e. The van der Waals surface area contributed by atoms with Crippen molar-refractivity contribution >= 4 is 34.1 Å². The van der Waals surface area contributed by atoms with Gasteiger partial charge in [-0.25, -0.2) is 4.98 Å². The fourth-order valence-corrected chi connectivity index (χ4v) is 6.00. The third-order valence-corrected chi connectivity index (χ3v) is 8.42. The molecule has 2 aromatic carbocycles. The maximum absolute atomic E-state index is 13.9. The highest BCUT2D eigenvalue weighted by Gasteiger charge is 2.33. The van der Waals surface area contributed by atoms with Crippen LogP contribution >= 0.6 is 11.3 Å². The minimum absolute atomic E-state index is 0.0379. The molecule has 2 fully saturated rings. The van der Waals surface area contributed by atoms with Crippen molar-refractivity contribution in [1.29, 1.82) is 0 Å². The second-order valence-corrected chi connectivity index (χ2v) is 11.3. The van der Waals surface area contributed by atoms with E-state index in [2.05, 4.69) is 35.5 Å². The second kappa shape index (κ2) is 9.74. The van der Waals surface area contributed by atoms with E-state index in [1.165, 1.54) is 0 Å². The number of amides is 2. The summed E-state index contributed by atoms with van der Waals surface area (Å²) in [6, 6.07) is 16.0. The van der Waals surface area contributed by atoms with Gasteiger partial charge in [-0.15, -0.1) is 11.3 Å². The molecular weight excluding hydrogens is 482 g/mol. The number of aryl methyl sites for hydroxylation is 2. The van der Waals surface area contributed by atoms with Gasteiger partial charge in [0.15, 0.2) is 5.69 Å². The van der Waals surface area contributed by atoms with E-state index in [1.807, 2.05) is 42.3 Å². The Bertz CT molecular complexity index is 1480. The van der Waals surface area contributed by atoms with Crippen molar-refractivity contribution in [2.45, 2.75) is 38.5 Å². The molecule has 1 N–H and O–H groups in total. The summed E-state index contributed by atoms with van der Waals surface area (Å²) >= 11 is 1.66. The van der Waals surface area contributed by atoms with Crippen LogP contribution in [0.4, 0.5) is 0 Å². The highest BCUT2D eigenvalue weighted by atomic mass is 32.1. The topological polar surface area (TPSA) is 80.1 Å². The maximum Gasteiger partial charge on any atom is 0.274 e. The van der Waals surface area contributed by atoms with Crippen LogP contribution in [0.5, 0.6) is 0 Å². The first-order valence-corrected chi connectivity index (χ1v) is 13.9. The van der Waals surface area contributed by atoms with Crippen molar-refractivity contribution in [3.05, 3.63) is 70.5 Å². The van der Waals surface area contributed by atoms with E-state index in [0.29, 0.717) is 42.9 Å². The van der Waals surface area contributed by atoms with Gasteiger partial charge in [0.25, 0.3) is 11.8 Å². The van der Waals surface area contributed by atoms with Crippen LogP contribution in [0.25, 0.3) is 21.3 Å². The number of para-hydroxylation sites is 1. The van der Waals surface area contributed by atoms with Gasteiger partial charge in [-0.3, -0.25) is 14.3 Å². The van der Waals surface area contributed by atoms with Crippen LogP contribution in [0, 0.1) is 12.8 Å². The summed E-state index contributed by atoms with van der Waals surface area (Å²) in [5.41, 5.74) is 4.09. The number of benzene rings is 2. The molecule has 0 spiro atoms. The molecule has 0 bridgehead atoms. The molecule has 37 heavy (non-hydrogen) atoms. The number of nitrogens with zero attached hydrogens (tertiary/aromatic N) is 4. The van der Waals surface area contributed by atoms with E-state index in [-0.39, 0.29) is 11.8 Å². The van der Waals surface area contributed by atoms with Crippen molar-refractivity contribution in [3.8, 4) is 10.4 Å². The van der Waals surface area contributed by atoms with Crippen molar-refractivity contribution in [2.24, 2.45) is 13.0 Å². The zero-order valence-electron chi connectivity index (χ0n) is 21.2. The van der Waals surface area contributed by atoms with Crippen LogP contribution < -0.4 is 5.32 Å². The molecule has 0 saturated heterocycles. The van der Waals surface area contributed by atoms with Crippen molar-refractivity contribution in [2.75, 3.05) is 19.6 Å². The minimum Gasteiger partial charge on any atom is -0.349 e. The SMILES string of the molecule is Cc1cccc(-c2sc(C3CC3)nc2C(=O)N(CCNC(=O)c2nn(C)c3ccccc23)CC2CC2)c1. The van der Waals surface area contributed by atoms with Crippen molar-refractivity contribution in [3.63, 3.8) is 0 Å². The van der Waals surface area contributed by atoms with Gasteiger partial charge in [-0.05, 0) is 50.2 Å². The predicted octanol–water partition coefficient (Wildman–Crippen LogP) is 5.16. The van der Waals surface area contributed by atoms with Gasteiger partial charge in [0.1, 0.15) is 5.69 Å². The quantitative estimate of drug-likeness (QED) is 0.335. The molecule has 2 aliphatic rings. The van der Waals surface area contributed by atoms with Crippen LogP contribution in [-0.2, 0) is 7.05 Å². The van der Waals surface area contributed by atoms with Gasteiger partial charge in [-0.2, -0.15) is 5.10 Å². The maximum atomic E-state index is 13.9. The van der Waals surface area contributed by atoms with Crippen LogP contribution in [-0.4, -0.2) is 51.1 Å². The Hall–Kier alpha value is -3.52. The van der Waals surface area contributed by atoms with E-state index in [1.54, 1.807) is 16.0 Å². The molecule has 2 amide bonds. The highest BCUT2D eigenvalue weighted by Crippen LogP contribution is 2.45. The number of nitrogens with one attached hydrogen (secondary N) is 1. The van der Waals surface area contributed by atoms with Crippen LogP contribution in [0.3, 0.4) is 0 Å². The predicted molar refractivity (Wildman–Crippen MR) is 146 cm³/mol. The monoisotopic (exact) mass is 513 g/mol. The van der Waals surface area contributed by atoms with Crippen LogP contribution in [0.15, 0.2) is 48.5 Å². The Kier molecular flexibility index (Phi) is 6.28. The minimum atomic E-state index is -0.222. The van der Waals surface area contributed by atoms with E-state index in [4.69, 9.17) is 4.98 Å². The summed E-state index contributed by atoms with van der Waals surface area (Å²) in [5, 5.41) is 9.31. The molecule has 2 saturated carbocycles. The van der Waals surface area contributed by atoms with Gasteiger partial charge >= 0.3 is 0 Å². The average Bonchev–Trinajstić information content (AvgIpc) is 3.84. The van der Waals surface area contributed by atoms with E-state index in [0.717, 1.165) is 57.6 Å². The van der Waals surface area contributed by atoms with Gasteiger partial charge in [0.05, 0.1) is 15.4 Å². The number of aromatic nitrogens is 3. The Morgan fingerprint density at radius 3 is 2.65 bits per heavy atom. The number of thiazole rings is 1. The first kappa shape index (κ1) is 23.9. The molecule has 0 radical (unpaired) electrons. The molecule has 190 valence electrons. The molecule has 0 atom stereocenters. The number of fused-ring (bicyclic) bond motifs is 1. The first-order chi connectivity index (χ1) is 18.0. The molecule has 2 aliphatic carbocycles. The summed E-state index contributed by atoms with van der Waals surface area (Å²) in [6.07, 6.45) is 4.58. The summed E-state index contributed by atoms with van der Waals surface area (Å²) in [6.45, 7) is 3.57. The van der Waals surface area contributed by atoms with E-state index in [9.17, 15) is 9.59 Å². The average molecular weight is 514 g/mol. The molecule has 0 unspecified atom stereocenters. The number of hydrogen-bond donors (Lipinski definition) is 1. The smallest absolute Gasteiger partial charge is 0.274 e.